The summed E-state index contributed by atoms with van der Waals surface area (Å²) in [6, 6.07) is 0. The second kappa shape index (κ2) is 5.42. The number of allylic oxidation sites excluding steroid dienone is 5. The molecule has 0 fully saturated rings. The van der Waals surface area contributed by atoms with Gasteiger partial charge in [0.15, 0.2) is 0 Å². The van der Waals surface area contributed by atoms with Crippen LogP contribution in [0.4, 0.5) is 0 Å². The van der Waals surface area contributed by atoms with Gasteiger partial charge < -0.3 is 5.32 Å². The van der Waals surface area contributed by atoms with Crippen LogP contribution in [-0.4, -0.2) is 7.05 Å². The summed E-state index contributed by atoms with van der Waals surface area (Å²) in [6.07, 6.45) is 5.65. The Morgan fingerprint density at radius 3 is 2.00 bits per heavy atom. The molecular weight excluding hydrogens is 146 g/mol. The Kier molecular flexibility index (Phi) is 4.86. The second-order valence-corrected chi connectivity index (χ2v) is 2.71. The van der Waals surface area contributed by atoms with Gasteiger partial charge in [0.1, 0.15) is 0 Å². The van der Waals surface area contributed by atoms with Crippen LogP contribution in [0, 0.1) is 0 Å². The van der Waals surface area contributed by atoms with Crippen LogP contribution in [0.5, 0.6) is 0 Å². The summed E-state index contributed by atoms with van der Waals surface area (Å²) in [4.78, 5) is 0. The van der Waals surface area contributed by atoms with E-state index in [4.69, 9.17) is 0 Å². The van der Waals surface area contributed by atoms with Crippen molar-refractivity contribution >= 4 is 0 Å². The van der Waals surface area contributed by atoms with E-state index in [-0.39, 0.29) is 0 Å². The maximum atomic E-state index is 3.74. The number of hydrogen-bond donors (Lipinski definition) is 1. The molecule has 0 aromatic heterocycles. The van der Waals surface area contributed by atoms with Crippen molar-refractivity contribution in [3.63, 3.8) is 0 Å². The van der Waals surface area contributed by atoms with Crippen molar-refractivity contribution in [1.29, 1.82) is 0 Å². The first-order valence-corrected chi connectivity index (χ1v) is 3.97. The second-order valence-electron chi connectivity index (χ2n) is 2.71. The topological polar surface area (TPSA) is 12.0 Å². The third-order valence-electron chi connectivity index (χ3n) is 1.62. The fourth-order valence-electron chi connectivity index (χ4n) is 0.808. The molecule has 0 saturated heterocycles. The first-order valence-electron chi connectivity index (χ1n) is 3.97. The molecule has 12 heavy (non-hydrogen) atoms. The molecule has 1 nitrogen and oxygen atoms in total. The number of rotatable bonds is 4. The molecule has 0 heterocycles. The lowest BCUT2D eigenvalue weighted by Gasteiger charge is -2.02. The van der Waals surface area contributed by atoms with Gasteiger partial charge in [-0.2, -0.15) is 0 Å². The van der Waals surface area contributed by atoms with E-state index in [2.05, 4.69) is 32.3 Å². The Hall–Kier alpha value is -1.24. The fourth-order valence-corrected chi connectivity index (χ4v) is 0.808. The number of nitrogens with one attached hydrogen (secondary N) is 1. The van der Waals surface area contributed by atoms with Crippen molar-refractivity contribution in [3.05, 3.63) is 48.2 Å². The van der Waals surface area contributed by atoms with Gasteiger partial charge in [-0.3, -0.25) is 0 Å². The van der Waals surface area contributed by atoms with E-state index in [0.29, 0.717) is 0 Å². The van der Waals surface area contributed by atoms with Gasteiger partial charge in [-0.1, -0.05) is 24.8 Å². The molecule has 0 rings (SSSR count). The fraction of sp³-hybridized carbons (Fsp3) is 0.273. The molecule has 0 aromatic rings. The summed E-state index contributed by atoms with van der Waals surface area (Å²) in [5.74, 6) is 0. The highest BCUT2D eigenvalue weighted by atomic mass is 14.8. The smallest absolute Gasteiger partial charge is 0.0337 e. The molecule has 66 valence electrons. The maximum Gasteiger partial charge on any atom is 0.0337 e. The lowest BCUT2D eigenvalue weighted by molar-refractivity contribution is 1.03. The number of likely N-dealkylation sites (N-methyl/N-ethyl adjacent to an activating group) is 1. The van der Waals surface area contributed by atoms with Crippen molar-refractivity contribution in [2.45, 2.75) is 13.8 Å². The average molecular weight is 163 g/mol. The van der Waals surface area contributed by atoms with Gasteiger partial charge in [-0.25, -0.2) is 0 Å². The molecule has 1 heteroatoms. The molecule has 0 aliphatic rings. The Morgan fingerprint density at radius 2 is 1.75 bits per heavy atom. The van der Waals surface area contributed by atoms with Gasteiger partial charge in [0, 0.05) is 12.7 Å². The van der Waals surface area contributed by atoms with E-state index in [0.717, 1.165) is 11.3 Å². The van der Waals surface area contributed by atoms with E-state index >= 15 is 0 Å². The molecule has 0 aromatic carbocycles. The Labute approximate surface area is 75.2 Å². The van der Waals surface area contributed by atoms with Gasteiger partial charge in [0.05, 0.1) is 0 Å². The van der Waals surface area contributed by atoms with Crippen molar-refractivity contribution in [2.24, 2.45) is 0 Å². The highest BCUT2D eigenvalue weighted by Crippen LogP contribution is 2.08. The lowest BCUT2D eigenvalue weighted by Crippen LogP contribution is -2.02. The van der Waals surface area contributed by atoms with Gasteiger partial charge in [0.2, 0.25) is 0 Å². The molecule has 0 spiro atoms. The summed E-state index contributed by atoms with van der Waals surface area (Å²) in [6.45, 7) is 11.5. The van der Waals surface area contributed by atoms with E-state index < -0.39 is 0 Å². The van der Waals surface area contributed by atoms with Crippen LogP contribution in [-0.2, 0) is 0 Å². The monoisotopic (exact) mass is 163 g/mol. The zero-order valence-electron chi connectivity index (χ0n) is 8.15. The molecule has 0 aliphatic heterocycles. The van der Waals surface area contributed by atoms with Crippen LogP contribution >= 0.6 is 0 Å². The van der Waals surface area contributed by atoms with Crippen LogP contribution < -0.4 is 5.32 Å². The van der Waals surface area contributed by atoms with Gasteiger partial charge in [-0.15, -0.1) is 0 Å². The van der Waals surface area contributed by atoms with Crippen molar-refractivity contribution < 1.29 is 0 Å². The molecule has 0 unspecified atom stereocenters. The zero-order chi connectivity index (χ0) is 9.56. The van der Waals surface area contributed by atoms with Crippen LogP contribution in [0.3, 0.4) is 0 Å². The highest BCUT2D eigenvalue weighted by Gasteiger charge is 1.91. The predicted octanol–water partition coefficient (Wildman–Crippen LogP) is 2.80. The van der Waals surface area contributed by atoms with Crippen LogP contribution in [0.1, 0.15) is 13.8 Å². The molecule has 0 saturated carbocycles. The average Bonchev–Trinajstić information content (AvgIpc) is 2.06. The minimum absolute atomic E-state index is 1.01. The summed E-state index contributed by atoms with van der Waals surface area (Å²) < 4.78 is 0. The van der Waals surface area contributed by atoms with E-state index in [9.17, 15) is 0 Å². The van der Waals surface area contributed by atoms with E-state index in [1.54, 1.807) is 6.08 Å². The summed E-state index contributed by atoms with van der Waals surface area (Å²) >= 11 is 0. The summed E-state index contributed by atoms with van der Waals surface area (Å²) in [7, 11) is 1.87. The van der Waals surface area contributed by atoms with Gasteiger partial charge in [-0.05, 0) is 31.6 Å². The molecule has 0 radical (unpaired) electrons. The van der Waals surface area contributed by atoms with Crippen molar-refractivity contribution in [1.82, 2.24) is 5.32 Å². The normalized spacial score (nSPS) is 10.4. The third-order valence-corrected chi connectivity index (χ3v) is 1.62. The van der Waals surface area contributed by atoms with Crippen LogP contribution in [0.15, 0.2) is 48.2 Å². The molecule has 1 N–H and O–H groups in total. The molecule has 0 amide bonds. The quantitative estimate of drug-likeness (QED) is 0.628. The Morgan fingerprint density at radius 1 is 1.17 bits per heavy atom. The van der Waals surface area contributed by atoms with Crippen LogP contribution in [0.2, 0.25) is 0 Å². The minimum Gasteiger partial charge on any atom is -0.388 e. The van der Waals surface area contributed by atoms with E-state index in [1.165, 1.54) is 5.57 Å². The van der Waals surface area contributed by atoms with Crippen molar-refractivity contribution in [3.8, 4) is 0 Å². The summed E-state index contributed by atoms with van der Waals surface area (Å²) in [5.41, 5.74) is 3.39. The van der Waals surface area contributed by atoms with Gasteiger partial charge >= 0.3 is 0 Å². The minimum atomic E-state index is 1.01. The Balaban J connectivity index is 4.79. The zero-order valence-corrected chi connectivity index (χ0v) is 8.15. The highest BCUT2D eigenvalue weighted by molar-refractivity contribution is 5.37. The van der Waals surface area contributed by atoms with E-state index in [1.807, 2.05) is 19.2 Å². The maximum absolute atomic E-state index is 3.74. The number of hydrogen-bond acceptors (Lipinski definition) is 1. The lowest BCUT2D eigenvalue weighted by atomic mass is 10.1. The summed E-state index contributed by atoms with van der Waals surface area (Å²) in [5, 5.41) is 3.03. The predicted molar refractivity (Wildman–Crippen MR) is 55.9 cm³/mol. The molecule has 0 bridgehead atoms. The van der Waals surface area contributed by atoms with Crippen molar-refractivity contribution in [2.75, 3.05) is 7.05 Å². The first-order chi connectivity index (χ1) is 5.65. The standard InChI is InChI=1S/C11H17N/c1-6-10(9(3)4)8-11(7-2)12-5/h6-8,12H,1-2H2,3-5H3/b11-8+. The van der Waals surface area contributed by atoms with Gasteiger partial charge in [0.25, 0.3) is 0 Å². The Bertz CT molecular complexity index is 227. The molecule has 0 aliphatic carbocycles. The third kappa shape index (κ3) is 3.24. The first kappa shape index (κ1) is 10.8. The molecule has 0 atom stereocenters. The SMILES string of the molecule is C=CC(/C=C(\C=C)NC)=C(C)C. The van der Waals surface area contributed by atoms with Crippen LogP contribution in [0.25, 0.3) is 0 Å². The largest absolute Gasteiger partial charge is 0.388 e. The molecular formula is C11H17N.